The summed E-state index contributed by atoms with van der Waals surface area (Å²) in [4.78, 5) is 19.3. The summed E-state index contributed by atoms with van der Waals surface area (Å²) >= 11 is 0. The van der Waals surface area contributed by atoms with Gasteiger partial charge in [-0.1, -0.05) is 121 Å². The second kappa shape index (κ2) is 13.4. The van der Waals surface area contributed by atoms with Crippen LogP contribution in [0.25, 0.3) is 99.6 Å². The maximum absolute atomic E-state index is 5.46. The highest BCUT2D eigenvalue weighted by molar-refractivity contribution is 5.99. The normalized spacial score (nSPS) is 11.3. The molecule has 0 aliphatic rings. The molecule has 4 heteroatoms. The SMILES string of the molecule is c1ccc2cc(-c3cc4nc(-c5ccc(-c6ccncc6)cc5)c(-c5ccc(-c6ccncc6)cc5)nc4cc3-c3ccc4ccccc4c3)ccc2c1. The first-order chi connectivity index (χ1) is 26.7. The summed E-state index contributed by atoms with van der Waals surface area (Å²) < 4.78 is 0. The van der Waals surface area contributed by atoms with Crippen molar-refractivity contribution in [2.45, 2.75) is 0 Å². The molecule has 0 spiro atoms. The van der Waals surface area contributed by atoms with Crippen molar-refractivity contribution in [2.24, 2.45) is 0 Å². The van der Waals surface area contributed by atoms with E-state index in [4.69, 9.17) is 9.97 Å². The van der Waals surface area contributed by atoms with Crippen molar-refractivity contribution in [3.05, 3.63) is 195 Å². The Bertz CT molecular complexity index is 2750. The predicted molar refractivity (Wildman–Crippen MR) is 223 cm³/mol. The largest absolute Gasteiger partial charge is 0.265 e. The number of nitrogens with zero attached hydrogens (tertiary/aromatic N) is 4. The van der Waals surface area contributed by atoms with E-state index in [0.29, 0.717) is 0 Å². The average molecular weight is 689 g/mol. The van der Waals surface area contributed by atoms with Gasteiger partial charge < -0.3 is 0 Å². The Hall–Kier alpha value is -7.30. The molecule has 54 heavy (non-hydrogen) atoms. The lowest BCUT2D eigenvalue weighted by Gasteiger charge is -2.16. The summed E-state index contributed by atoms with van der Waals surface area (Å²) in [6.07, 6.45) is 7.30. The Balaban J connectivity index is 1.19. The van der Waals surface area contributed by atoms with Crippen molar-refractivity contribution in [1.29, 1.82) is 0 Å². The second-order valence-electron chi connectivity index (χ2n) is 13.6. The minimum absolute atomic E-state index is 0.836. The van der Waals surface area contributed by atoms with E-state index in [1.807, 2.05) is 49.1 Å². The summed E-state index contributed by atoms with van der Waals surface area (Å²) in [7, 11) is 0. The van der Waals surface area contributed by atoms with E-state index in [1.54, 1.807) is 0 Å². The van der Waals surface area contributed by atoms with Gasteiger partial charge in [0, 0.05) is 35.9 Å². The van der Waals surface area contributed by atoms with Crippen LogP contribution in [0, 0.1) is 0 Å². The highest BCUT2D eigenvalue weighted by atomic mass is 14.8. The third kappa shape index (κ3) is 5.86. The summed E-state index contributed by atoms with van der Waals surface area (Å²) in [5.41, 5.74) is 14.4. The van der Waals surface area contributed by atoms with Gasteiger partial charge in [0.05, 0.1) is 22.4 Å². The fourth-order valence-electron chi connectivity index (χ4n) is 7.43. The lowest BCUT2D eigenvalue weighted by molar-refractivity contribution is 1.29. The molecule has 0 aliphatic carbocycles. The molecule has 252 valence electrons. The van der Waals surface area contributed by atoms with E-state index in [-0.39, 0.29) is 0 Å². The molecule has 0 saturated heterocycles. The van der Waals surface area contributed by atoms with Gasteiger partial charge in [0.25, 0.3) is 0 Å². The number of hydrogen-bond acceptors (Lipinski definition) is 4. The van der Waals surface area contributed by atoms with E-state index in [1.165, 1.54) is 21.5 Å². The van der Waals surface area contributed by atoms with E-state index in [2.05, 4.69) is 156 Å². The van der Waals surface area contributed by atoms with Crippen molar-refractivity contribution in [3.63, 3.8) is 0 Å². The van der Waals surface area contributed by atoms with Gasteiger partial charge in [-0.15, -0.1) is 0 Å². The molecule has 0 atom stereocenters. The maximum Gasteiger partial charge on any atom is 0.0973 e. The van der Waals surface area contributed by atoms with Crippen LogP contribution in [0.2, 0.25) is 0 Å². The van der Waals surface area contributed by atoms with E-state index < -0.39 is 0 Å². The van der Waals surface area contributed by atoms with Gasteiger partial charge in [-0.05, 0) is 115 Å². The van der Waals surface area contributed by atoms with Crippen LogP contribution in [0.4, 0.5) is 0 Å². The van der Waals surface area contributed by atoms with Crippen LogP contribution < -0.4 is 0 Å². The molecular formula is C50H32N4. The first kappa shape index (κ1) is 31.4. The van der Waals surface area contributed by atoms with E-state index in [0.717, 1.165) is 78.1 Å². The summed E-state index contributed by atoms with van der Waals surface area (Å²) in [6.45, 7) is 0. The Kier molecular flexibility index (Phi) is 7.77. The molecule has 10 aromatic rings. The van der Waals surface area contributed by atoms with Crippen LogP contribution in [0.1, 0.15) is 0 Å². The number of rotatable bonds is 6. The lowest BCUT2D eigenvalue weighted by Crippen LogP contribution is -1.97. The zero-order valence-electron chi connectivity index (χ0n) is 29.3. The van der Waals surface area contributed by atoms with Crippen LogP contribution in [0.5, 0.6) is 0 Å². The average Bonchev–Trinajstić information content (AvgIpc) is 3.26. The fourth-order valence-corrected chi connectivity index (χ4v) is 7.43. The first-order valence-electron chi connectivity index (χ1n) is 18.1. The molecule has 0 bridgehead atoms. The molecule has 0 N–H and O–H groups in total. The van der Waals surface area contributed by atoms with Crippen LogP contribution in [0.3, 0.4) is 0 Å². The molecular weight excluding hydrogens is 657 g/mol. The number of fused-ring (bicyclic) bond motifs is 3. The van der Waals surface area contributed by atoms with Crippen LogP contribution in [-0.2, 0) is 0 Å². The molecule has 0 unspecified atom stereocenters. The molecule has 3 aromatic heterocycles. The van der Waals surface area contributed by atoms with Gasteiger partial charge in [-0.25, -0.2) is 9.97 Å². The molecule has 0 amide bonds. The lowest BCUT2D eigenvalue weighted by atomic mass is 9.91. The standard InChI is InChI=1S/C50H32N4/c1-3-7-41-29-43(19-13-33(41)5-1)45-31-47-48(32-46(45)44-20-14-34-6-2-4-8-42(34)30-44)54-50(40-17-11-36(12-18-40)38-23-27-52-28-24-38)49(53-47)39-15-9-35(10-16-39)37-21-25-51-26-22-37/h1-32H. The Morgan fingerprint density at radius 3 is 1.00 bits per heavy atom. The Morgan fingerprint density at radius 2 is 0.593 bits per heavy atom. The monoisotopic (exact) mass is 688 g/mol. The topological polar surface area (TPSA) is 51.6 Å². The summed E-state index contributed by atoms with van der Waals surface area (Å²) in [5, 5.41) is 4.83. The number of hydrogen-bond donors (Lipinski definition) is 0. The molecule has 0 radical (unpaired) electrons. The Morgan fingerprint density at radius 1 is 0.259 bits per heavy atom. The van der Waals surface area contributed by atoms with Crippen LogP contribution in [0.15, 0.2) is 195 Å². The maximum atomic E-state index is 5.46. The third-order valence-electron chi connectivity index (χ3n) is 10.3. The second-order valence-corrected chi connectivity index (χ2v) is 13.6. The number of pyridine rings is 2. The fraction of sp³-hybridized carbons (Fsp3) is 0. The number of aromatic nitrogens is 4. The quantitative estimate of drug-likeness (QED) is 0.174. The van der Waals surface area contributed by atoms with E-state index in [9.17, 15) is 0 Å². The summed E-state index contributed by atoms with van der Waals surface area (Å²) in [6, 6.07) is 60.2. The van der Waals surface area contributed by atoms with Crippen molar-refractivity contribution in [1.82, 2.24) is 19.9 Å². The van der Waals surface area contributed by atoms with Gasteiger partial charge in [0.1, 0.15) is 0 Å². The van der Waals surface area contributed by atoms with Crippen LogP contribution in [-0.4, -0.2) is 19.9 Å². The predicted octanol–water partition coefficient (Wildman–Crippen LogP) is 12.7. The highest BCUT2D eigenvalue weighted by Gasteiger charge is 2.18. The van der Waals surface area contributed by atoms with Gasteiger partial charge in [0.2, 0.25) is 0 Å². The first-order valence-corrected chi connectivity index (χ1v) is 18.1. The molecule has 3 heterocycles. The van der Waals surface area contributed by atoms with E-state index >= 15 is 0 Å². The Labute approximate surface area is 313 Å². The minimum atomic E-state index is 0.836. The zero-order valence-corrected chi connectivity index (χ0v) is 29.3. The number of benzene rings is 7. The molecule has 0 fully saturated rings. The molecule has 0 saturated carbocycles. The highest BCUT2D eigenvalue weighted by Crippen LogP contribution is 2.40. The van der Waals surface area contributed by atoms with Gasteiger partial charge in [0.15, 0.2) is 0 Å². The smallest absolute Gasteiger partial charge is 0.0973 e. The van der Waals surface area contributed by atoms with Gasteiger partial charge >= 0.3 is 0 Å². The minimum Gasteiger partial charge on any atom is -0.265 e. The zero-order chi connectivity index (χ0) is 35.8. The van der Waals surface area contributed by atoms with Crippen molar-refractivity contribution in [3.8, 4) is 67.0 Å². The summed E-state index contributed by atoms with van der Waals surface area (Å²) in [5.74, 6) is 0. The van der Waals surface area contributed by atoms with Crippen molar-refractivity contribution < 1.29 is 0 Å². The third-order valence-corrected chi connectivity index (χ3v) is 10.3. The molecule has 4 nitrogen and oxygen atoms in total. The molecule has 10 rings (SSSR count). The van der Waals surface area contributed by atoms with Crippen molar-refractivity contribution >= 4 is 32.6 Å². The molecule has 7 aromatic carbocycles. The van der Waals surface area contributed by atoms with Crippen LogP contribution >= 0.6 is 0 Å². The molecule has 0 aliphatic heterocycles. The van der Waals surface area contributed by atoms with Crippen molar-refractivity contribution in [2.75, 3.05) is 0 Å². The van der Waals surface area contributed by atoms with Gasteiger partial charge in [-0.2, -0.15) is 0 Å². The van der Waals surface area contributed by atoms with Gasteiger partial charge in [-0.3, -0.25) is 9.97 Å².